The van der Waals surface area contributed by atoms with Crippen molar-refractivity contribution in [3.8, 4) is 9.88 Å². The van der Waals surface area contributed by atoms with E-state index in [0.717, 1.165) is 24.5 Å². The fraction of sp³-hybridized carbons (Fsp3) is 0.533. The van der Waals surface area contributed by atoms with E-state index in [1.165, 1.54) is 25.7 Å². The number of hydrogen-bond acceptors (Lipinski definition) is 4. The van der Waals surface area contributed by atoms with Gasteiger partial charge in [0.1, 0.15) is 5.01 Å². The third-order valence-corrected chi connectivity index (χ3v) is 5.77. The molecule has 2 heterocycles. The minimum Gasteiger partial charge on any atom is -0.312 e. The van der Waals surface area contributed by atoms with Crippen molar-refractivity contribution >= 4 is 38.6 Å². The molecule has 2 aromatic heterocycles. The number of nitrogens with one attached hydrogen (secondary N) is 1. The lowest BCUT2D eigenvalue weighted by molar-refractivity contribution is 0.623. The van der Waals surface area contributed by atoms with Crippen LogP contribution in [0, 0.1) is 5.92 Å². The first-order chi connectivity index (χ1) is 9.60. The van der Waals surface area contributed by atoms with Crippen LogP contribution in [0.4, 0.5) is 0 Å². The SMILES string of the molecule is CCCNCc1sc(-c2ccc(Br)s2)nc1CC(C)C. The summed E-state index contributed by atoms with van der Waals surface area (Å²) in [5, 5.41) is 4.66. The molecule has 0 spiro atoms. The predicted molar refractivity (Wildman–Crippen MR) is 93.7 cm³/mol. The van der Waals surface area contributed by atoms with Crippen molar-refractivity contribution in [1.29, 1.82) is 0 Å². The Morgan fingerprint density at radius 1 is 1.30 bits per heavy atom. The minimum absolute atomic E-state index is 0.643. The Kier molecular flexibility index (Phi) is 6.20. The van der Waals surface area contributed by atoms with Gasteiger partial charge in [-0.2, -0.15) is 0 Å². The molecule has 0 amide bonds. The molecule has 0 unspecified atom stereocenters. The molecule has 2 aromatic rings. The van der Waals surface area contributed by atoms with Crippen molar-refractivity contribution < 1.29 is 0 Å². The second-order valence-electron chi connectivity index (χ2n) is 5.27. The number of nitrogens with zero attached hydrogens (tertiary/aromatic N) is 1. The highest BCUT2D eigenvalue weighted by Gasteiger charge is 2.14. The quantitative estimate of drug-likeness (QED) is 0.664. The van der Waals surface area contributed by atoms with E-state index < -0.39 is 0 Å². The van der Waals surface area contributed by atoms with E-state index in [1.54, 1.807) is 11.3 Å². The van der Waals surface area contributed by atoms with Gasteiger partial charge in [0.2, 0.25) is 0 Å². The summed E-state index contributed by atoms with van der Waals surface area (Å²) in [5.74, 6) is 0.643. The molecule has 0 aliphatic carbocycles. The van der Waals surface area contributed by atoms with Gasteiger partial charge >= 0.3 is 0 Å². The number of thiazole rings is 1. The van der Waals surface area contributed by atoms with Crippen LogP contribution < -0.4 is 5.32 Å². The molecule has 0 aromatic carbocycles. The molecule has 0 aliphatic heterocycles. The van der Waals surface area contributed by atoms with E-state index in [1.807, 2.05) is 11.3 Å². The van der Waals surface area contributed by atoms with Crippen molar-refractivity contribution in [2.24, 2.45) is 5.92 Å². The average molecular weight is 373 g/mol. The monoisotopic (exact) mass is 372 g/mol. The fourth-order valence-electron chi connectivity index (χ4n) is 1.98. The summed E-state index contributed by atoms with van der Waals surface area (Å²) in [6.07, 6.45) is 2.23. The van der Waals surface area contributed by atoms with Gasteiger partial charge in [-0.25, -0.2) is 4.98 Å². The second-order valence-corrected chi connectivity index (χ2v) is 8.81. The van der Waals surface area contributed by atoms with E-state index >= 15 is 0 Å². The van der Waals surface area contributed by atoms with Crippen LogP contribution in [0.1, 0.15) is 37.8 Å². The van der Waals surface area contributed by atoms with Crippen molar-refractivity contribution in [3.63, 3.8) is 0 Å². The lowest BCUT2D eigenvalue weighted by Crippen LogP contribution is -2.14. The molecule has 1 N–H and O–H groups in total. The summed E-state index contributed by atoms with van der Waals surface area (Å²) in [7, 11) is 0. The topological polar surface area (TPSA) is 24.9 Å². The third kappa shape index (κ3) is 4.38. The first kappa shape index (κ1) is 16.1. The molecule has 0 bridgehead atoms. The maximum atomic E-state index is 4.88. The second kappa shape index (κ2) is 7.69. The number of hydrogen-bond donors (Lipinski definition) is 1. The molecule has 2 nitrogen and oxygen atoms in total. The predicted octanol–water partition coefficient (Wildman–Crippen LogP) is 5.33. The van der Waals surface area contributed by atoms with Crippen molar-refractivity contribution in [2.75, 3.05) is 6.54 Å². The van der Waals surface area contributed by atoms with Gasteiger partial charge < -0.3 is 5.32 Å². The highest BCUT2D eigenvalue weighted by molar-refractivity contribution is 9.11. The summed E-state index contributed by atoms with van der Waals surface area (Å²) in [4.78, 5) is 7.53. The van der Waals surface area contributed by atoms with Crippen LogP contribution in [0.25, 0.3) is 9.88 Å². The molecule has 0 radical (unpaired) electrons. The Hall–Kier alpha value is -0.230. The highest BCUT2D eigenvalue weighted by Crippen LogP contribution is 2.35. The van der Waals surface area contributed by atoms with Gasteiger partial charge in [-0.1, -0.05) is 20.8 Å². The molecule has 20 heavy (non-hydrogen) atoms. The Morgan fingerprint density at radius 2 is 2.10 bits per heavy atom. The van der Waals surface area contributed by atoms with Gasteiger partial charge in [0.15, 0.2) is 0 Å². The molecule has 0 atom stereocenters. The Morgan fingerprint density at radius 3 is 2.70 bits per heavy atom. The van der Waals surface area contributed by atoms with Crippen LogP contribution in [-0.2, 0) is 13.0 Å². The lowest BCUT2D eigenvalue weighted by Gasteiger charge is -2.05. The summed E-state index contributed by atoms with van der Waals surface area (Å²) in [5.41, 5.74) is 1.27. The van der Waals surface area contributed by atoms with Crippen LogP contribution in [0.15, 0.2) is 15.9 Å². The first-order valence-corrected chi connectivity index (χ1v) is 9.47. The van der Waals surface area contributed by atoms with E-state index in [-0.39, 0.29) is 0 Å². The Bertz CT molecular complexity index is 546. The number of halogens is 1. The zero-order chi connectivity index (χ0) is 14.5. The molecular weight excluding hydrogens is 352 g/mol. The van der Waals surface area contributed by atoms with Crippen molar-refractivity contribution in [1.82, 2.24) is 10.3 Å². The summed E-state index contributed by atoms with van der Waals surface area (Å²) < 4.78 is 1.17. The fourth-order valence-corrected chi connectivity index (χ4v) is 4.48. The highest BCUT2D eigenvalue weighted by atomic mass is 79.9. The third-order valence-electron chi connectivity index (χ3n) is 2.88. The van der Waals surface area contributed by atoms with E-state index in [2.05, 4.69) is 54.2 Å². The number of thiophene rings is 1. The van der Waals surface area contributed by atoms with Crippen LogP contribution in [0.5, 0.6) is 0 Å². The zero-order valence-corrected chi connectivity index (χ0v) is 15.4. The maximum Gasteiger partial charge on any atom is 0.133 e. The Balaban J connectivity index is 2.21. The molecular formula is C15H21BrN2S2. The van der Waals surface area contributed by atoms with Crippen molar-refractivity contribution in [3.05, 3.63) is 26.5 Å². The van der Waals surface area contributed by atoms with Gasteiger partial charge in [-0.3, -0.25) is 0 Å². The smallest absolute Gasteiger partial charge is 0.133 e. The van der Waals surface area contributed by atoms with Crippen molar-refractivity contribution in [2.45, 2.75) is 40.2 Å². The normalized spacial score (nSPS) is 11.4. The Labute approximate surface area is 137 Å². The summed E-state index contributed by atoms with van der Waals surface area (Å²) >= 11 is 7.12. The lowest BCUT2D eigenvalue weighted by atomic mass is 10.1. The molecule has 0 saturated carbocycles. The first-order valence-electron chi connectivity index (χ1n) is 7.05. The summed E-state index contributed by atoms with van der Waals surface area (Å²) in [6.45, 7) is 8.72. The van der Waals surface area contributed by atoms with Crippen LogP contribution in [-0.4, -0.2) is 11.5 Å². The molecule has 110 valence electrons. The zero-order valence-electron chi connectivity index (χ0n) is 12.2. The van der Waals surface area contributed by atoms with Gasteiger partial charge in [0, 0.05) is 11.4 Å². The van der Waals surface area contributed by atoms with Crippen LogP contribution >= 0.6 is 38.6 Å². The molecule has 0 saturated heterocycles. The maximum absolute atomic E-state index is 4.88. The largest absolute Gasteiger partial charge is 0.312 e. The minimum atomic E-state index is 0.643. The van der Waals surface area contributed by atoms with Crippen LogP contribution in [0.2, 0.25) is 0 Å². The van der Waals surface area contributed by atoms with Gasteiger partial charge in [0.05, 0.1) is 14.4 Å². The van der Waals surface area contributed by atoms with Gasteiger partial charge in [-0.05, 0) is 53.4 Å². The summed E-state index contributed by atoms with van der Waals surface area (Å²) in [6, 6.07) is 4.24. The average Bonchev–Trinajstić information content (AvgIpc) is 2.96. The van der Waals surface area contributed by atoms with Crippen LogP contribution in [0.3, 0.4) is 0 Å². The molecule has 0 aliphatic rings. The van der Waals surface area contributed by atoms with Gasteiger partial charge in [-0.15, -0.1) is 22.7 Å². The van der Waals surface area contributed by atoms with Gasteiger partial charge in [0.25, 0.3) is 0 Å². The number of rotatable bonds is 7. The van der Waals surface area contributed by atoms with E-state index in [9.17, 15) is 0 Å². The number of aromatic nitrogens is 1. The van der Waals surface area contributed by atoms with E-state index in [0.29, 0.717) is 5.92 Å². The molecule has 0 fully saturated rings. The standard InChI is InChI=1S/C15H21BrN2S2/c1-4-7-17-9-13-11(8-10(2)3)18-15(20-13)12-5-6-14(16)19-12/h5-6,10,17H,4,7-9H2,1-3H3. The van der Waals surface area contributed by atoms with E-state index in [4.69, 9.17) is 4.98 Å². The molecule has 2 rings (SSSR count). The molecule has 5 heteroatoms.